The third-order valence-electron chi connectivity index (χ3n) is 3.65. The summed E-state index contributed by atoms with van der Waals surface area (Å²) in [4.78, 5) is 0. The predicted octanol–water partition coefficient (Wildman–Crippen LogP) is 4.20. The lowest BCUT2D eigenvalue weighted by Crippen LogP contribution is -2.12. The molecule has 0 saturated heterocycles. The predicted molar refractivity (Wildman–Crippen MR) is 82.6 cm³/mol. The number of halogens is 1. The monoisotopic (exact) mass is 292 g/mol. The first-order valence-electron chi connectivity index (χ1n) is 7.40. The Balaban J connectivity index is 2.41. The molecule has 0 fully saturated rings. The maximum atomic E-state index is 13.9. The number of ether oxygens (including phenoxy) is 1. The molecule has 0 radical (unpaired) electrons. The van der Waals surface area contributed by atoms with E-state index in [4.69, 9.17) is 10.00 Å². The van der Waals surface area contributed by atoms with Crippen LogP contribution >= 0.6 is 0 Å². The zero-order valence-electron chi connectivity index (χ0n) is 13.4. The van der Waals surface area contributed by atoms with Gasteiger partial charge in [-0.25, -0.2) is 4.39 Å². The summed E-state index contributed by atoms with van der Waals surface area (Å²) in [6.07, 6.45) is 2.55. The third-order valence-corrected chi connectivity index (χ3v) is 3.65. The van der Waals surface area contributed by atoms with Gasteiger partial charge in [0.15, 0.2) is 11.6 Å². The number of benzene rings is 1. The maximum absolute atomic E-state index is 13.9. The second-order valence-corrected chi connectivity index (χ2v) is 6.00. The lowest BCUT2D eigenvalue weighted by molar-refractivity contribution is 0.282. The fourth-order valence-electron chi connectivity index (χ4n) is 1.98. The van der Waals surface area contributed by atoms with Crippen LogP contribution in [0, 0.1) is 22.6 Å². The van der Waals surface area contributed by atoms with Crippen molar-refractivity contribution in [3.63, 3.8) is 0 Å². The normalized spacial score (nSPS) is 12.8. The Morgan fingerprint density at radius 3 is 2.67 bits per heavy atom. The molecule has 0 amide bonds. The van der Waals surface area contributed by atoms with Crippen LogP contribution in [0.25, 0.3) is 0 Å². The molecule has 0 aliphatic carbocycles. The summed E-state index contributed by atoms with van der Waals surface area (Å²) in [6, 6.07) is 7.45. The van der Waals surface area contributed by atoms with Crippen LogP contribution in [0.1, 0.15) is 51.6 Å². The zero-order chi connectivity index (χ0) is 15.9. The van der Waals surface area contributed by atoms with Crippen molar-refractivity contribution in [3.05, 3.63) is 29.6 Å². The Kier molecular flexibility index (Phi) is 6.64. The van der Waals surface area contributed by atoms with E-state index in [1.54, 1.807) is 6.07 Å². The Bertz CT molecular complexity index is 494. The van der Waals surface area contributed by atoms with E-state index in [1.807, 2.05) is 33.9 Å². The number of nitriles is 1. The molecule has 0 heterocycles. The number of unbranched alkanes of at least 4 members (excludes halogenated alkanes) is 1. The molecule has 3 nitrogen and oxygen atoms in total. The first-order chi connectivity index (χ1) is 9.89. The van der Waals surface area contributed by atoms with Crippen LogP contribution in [0.4, 0.5) is 4.39 Å². The quantitative estimate of drug-likeness (QED) is 0.730. The van der Waals surface area contributed by atoms with Crippen LogP contribution in [-0.4, -0.2) is 13.7 Å². The van der Waals surface area contributed by atoms with Crippen molar-refractivity contribution in [1.29, 1.82) is 5.26 Å². The van der Waals surface area contributed by atoms with Gasteiger partial charge in [0.25, 0.3) is 0 Å². The van der Waals surface area contributed by atoms with Crippen LogP contribution in [0.2, 0.25) is 0 Å². The van der Waals surface area contributed by atoms with E-state index in [0.717, 1.165) is 24.8 Å². The van der Waals surface area contributed by atoms with Crippen molar-refractivity contribution in [2.75, 3.05) is 13.7 Å². The van der Waals surface area contributed by atoms with Gasteiger partial charge < -0.3 is 10.1 Å². The third kappa shape index (κ3) is 5.73. The fraction of sp³-hybridized carbons (Fsp3) is 0.588. The van der Waals surface area contributed by atoms with Gasteiger partial charge in [-0.15, -0.1) is 0 Å². The number of nitrogens with one attached hydrogen (secondary N) is 1. The molecule has 1 rings (SSSR count). The molecule has 0 spiro atoms. The van der Waals surface area contributed by atoms with Gasteiger partial charge in [-0.2, -0.15) is 5.26 Å². The van der Waals surface area contributed by atoms with Crippen molar-refractivity contribution in [1.82, 2.24) is 5.32 Å². The number of nitrogens with zero attached hydrogens (tertiary/aromatic N) is 1. The molecule has 1 unspecified atom stereocenters. The van der Waals surface area contributed by atoms with Crippen LogP contribution in [0.3, 0.4) is 0 Å². The Morgan fingerprint density at radius 1 is 1.38 bits per heavy atom. The van der Waals surface area contributed by atoms with E-state index in [-0.39, 0.29) is 17.3 Å². The maximum Gasteiger partial charge on any atom is 0.165 e. The molecule has 0 bridgehead atoms. The van der Waals surface area contributed by atoms with E-state index in [9.17, 15) is 4.39 Å². The standard InChI is InChI=1S/C17H25FN2O/c1-13(20-4)14-7-8-16(15(18)11-14)21-10-6-5-9-17(2,3)12-19/h7-8,11,13,20H,5-6,9-10H2,1-4H3. The molecule has 0 aliphatic rings. The highest BCUT2D eigenvalue weighted by Gasteiger charge is 2.15. The van der Waals surface area contributed by atoms with Crippen LogP contribution in [0.5, 0.6) is 5.75 Å². The van der Waals surface area contributed by atoms with Gasteiger partial charge in [0.2, 0.25) is 0 Å². The van der Waals surface area contributed by atoms with Crippen LogP contribution in [-0.2, 0) is 0 Å². The second-order valence-electron chi connectivity index (χ2n) is 6.00. The van der Waals surface area contributed by atoms with Gasteiger partial charge in [-0.3, -0.25) is 0 Å². The van der Waals surface area contributed by atoms with Gasteiger partial charge in [0, 0.05) is 6.04 Å². The molecular weight excluding hydrogens is 267 g/mol. The van der Waals surface area contributed by atoms with E-state index in [0.29, 0.717) is 12.4 Å². The Hall–Kier alpha value is -1.60. The van der Waals surface area contributed by atoms with E-state index in [2.05, 4.69) is 11.4 Å². The summed E-state index contributed by atoms with van der Waals surface area (Å²) in [5, 5.41) is 12.0. The summed E-state index contributed by atoms with van der Waals surface area (Å²) >= 11 is 0. The molecule has 0 aromatic heterocycles. The SMILES string of the molecule is CNC(C)c1ccc(OCCCCC(C)(C)C#N)c(F)c1. The van der Waals surface area contributed by atoms with E-state index in [1.165, 1.54) is 6.07 Å². The first-order valence-corrected chi connectivity index (χ1v) is 7.40. The summed E-state index contributed by atoms with van der Waals surface area (Å²) in [5.74, 6) is -0.0337. The molecule has 1 aromatic carbocycles. The summed E-state index contributed by atoms with van der Waals surface area (Å²) in [7, 11) is 1.84. The smallest absolute Gasteiger partial charge is 0.165 e. The number of hydrogen-bond donors (Lipinski definition) is 1. The van der Waals surface area contributed by atoms with Crippen molar-refractivity contribution in [2.24, 2.45) is 5.41 Å². The van der Waals surface area contributed by atoms with Crippen molar-refractivity contribution >= 4 is 0 Å². The average Bonchev–Trinajstić information content (AvgIpc) is 2.47. The van der Waals surface area contributed by atoms with Crippen molar-refractivity contribution in [2.45, 2.75) is 46.1 Å². The number of hydrogen-bond acceptors (Lipinski definition) is 3. The molecule has 1 N–H and O–H groups in total. The molecule has 1 atom stereocenters. The van der Waals surface area contributed by atoms with Gasteiger partial charge in [0.05, 0.1) is 18.1 Å². The van der Waals surface area contributed by atoms with Gasteiger partial charge in [-0.05, 0) is 64.8 Å². The first kappa shape index (κ1) is 17.5. The van der Waals surface area contributed by atoms with E-state index < -0.39 is 0 Å². The minimum absolute atomic E-state index is 0.113. The summed E-state index contributed by atoms with van der Waals surface area (Å²) < 4.78 is 19.4. The minimum atomic E-state index is -0.327. The Morgan fingerprint density at radius 2 is 2.10 bits per heavy atom. The second kappa shape index (κ2) is 7.99. The Labute approximate surface area is 127 Å². The molecule has 1 aromatic rings. The number of rotatable bonds is 8. The van der Waals surface area contributed by atoms with Gasteiger partial charge in [0.1, 0.15) is 0 Å². The van der Waals surface area contributed by atoms with Crippen molar-refractivity contribution < 1.29 is 9.13 Å². The molecule has 116 valence electrons. The molecule has 0 saturated carbocycles. The van der Waals surface area contributed by atoms with Crippen molar-refractivity contribution in [3.8, 4) is 11.8 Å². The average molecular weight is 292 g/mol. The lowest BCUT2D eigenvalue weighted by atomic mass is 9.89. The van der Waals surface area contributed by atoms with Crippen LogP contribution in [0.15, 0.2) is 18.2 Å². The van der Waals surface area contributed by atoms with Gasteiger partial charge in [-0.1, -0.05) is 6.07 Å². The highest BCUT2D eigenvalue weighted by atomic mass is 19.1. The summed E-state index contributed by atoms with van der Waals surface area (Å²) in [5.41, 5.74) is 0.606. The topological polar surface area (TPSA) is 45.0 Å². The fourth-order valence-corrected chi connectivity index (χ4v) is 1.98. The van der Waals surface area contributed by atoms with E-state index >= 15 is 0 Å². The molecule has 21 heavy (non-hydrogen) atoms. The molecular formula is C17H25FN2O. The van der Waals surface area contributed by atoms with Gasteiger partial charge >= 0.3 is 0 Å². The minimum Gasteiger partial charge on any atom is -0.491 e. The zero-order valence-corrected chi connectivity index (χ0v) is 13.4. The summed E-state index contributed by atoms with van der Waals surface area (Å²) in [6.45, 7) is 6.30. The van der Waals surface area contributed by atoms with Crippen LogP contribution < -0.4 is 10.1 Å². The molecule has 0 aliphatic heterocycles. The largest absolute Gasteiger partial charge is 0.491 e. The highest BCUT2D eigenvalue weighted by molar-refractivity contribution is 5.30. The molecule has 4 heteroatoms. The highest BCUT2D eigenvalue weighted by Crippen LogP contribution is 2.24. The lowest BCUT2D eigenvalue weighted by Gasteiger charge is -2.15.